The lowest BCUT2D eigenvalue weighted by molar-refractivity contribution is 0.0998. The zero-order valence-corrected chi connectivity index (χ0v) is 15.5. The highest BCUT2D eigenvalue weighted by Gasteiger charge is 2.15. The summed E-state index contributed by atoms with van der Waals surface area (Å²) in [6.07, 6.45) is 4.85. The monoisotopic (exact) mass is 374 g/mol. The number of carbonyl (C=O) groups excluding carboxylic acids is 1. The highest BCUT2D eigenvalue weighted by Crippen LogP contribution is 2.30. The number of aromatic nitrogens is 1. The van der Waals surface area contributed by atoms with Gasteiger partial charge in [0, 0.05) is 16.3 Å². The summed E-state index contributed by atoms with van der Waals surface area (Å²) in [5, 5.41) is 6.32. The van der Waals surface area contributed by atoms with Crippen LogP contribution in [0, 0.1) is 0 Å². The summed E-state index contributed by atoms with van der Waals surface area (Å²) >= 11 is 1.43. The second-order valence-electron chi connectivity index (χ2n) is 6.83. The molecule has 1 amide bonds. The molecule has 0 bridgehead atoms. The van der Waals surface area contributed by atoms with Gasteiger partial charge in [-0.1, -0.05) is 30.3 Å². The van der Waals surface area contributed by atoms with Crippen molar-refractivity contribution in [2.24, 2.45) is 0 Å². The number of para-hydroxylation sites is 1. The third kappa shape index (κ3) is 3.15. The maximum Gasteiger partial charge on any atom is 0.293 e. The Bertz CT molecular complexity index is 1110. The number of hydrogen-bond donors (Lipinski definition) is 1. The van der Waals surface area contributed by atoms with Crippen molar-refractivity contribution in [2.45, 2.75) is 25.7 Å². The number of nitrogens with one attached hydrogen (secondary N) is 1. The number of benzene rings is 2. The van der Waals surface area contributed by atoms with Crippen LogP contribution in [0.25, 0.3) is 22.2 Å². The normalized spacial score (nSPS) is 13.5. The molecule has 0 radical (unpaired) electrons. The van der Waals surface area contributed by atoms with Gasteiger partial charge in [0.25, 0.3) is 5.91 Å². The highest BCUT2D eigenvalue weighted by molar-refractivity contribution is 7.14. The van der Waals surface area contributed by atoms with Gasteiger partial charge in [-0.2, -0.15) is 0 Å². The number of hydrogen-bond acceptors (Lipinski definition) is 4. The average molecular weight is 374 g/mol. The van der Waals surface area contributed by atoms with Crippen LogP contribution in [0.15, 0.2) is 58.3 Å². The lowest BCUT2D eigenvalue weighted by Gasteiger charge is -2.16. The van der Waals surface area contributed by atoms with Crippen LogP contribution in [-0.2, 0) is 12.8 Å². The first-order chi connectivity index (χ1) is 13.3. The number of furan rings is 1. The van der Waals surface area contributed by atoms with E-state index in [1.807, 2.05) is 29.6 Å². The number of nitrogens with zero attached hydrogens (tertiary/aromatic N) is 1. The number of amides is 1. The van der Waals surface area contributed by atoms with Crippen molar-refractivity contribution >= 4 is 33.3 Å². The summed E-state index contributed by atoms with van der Waals surface area (Å²) in [5.74, 6) is 0.0132. The fourth-order valence-corrected chi connectivity index (χ4v) is 4.32. The molecule has 1 aliphatic carbocycles. The van der Waals surface area contributed by atoms with E-state index in [-0.39, 0.29) is 5.91 Å². The topological polar surface area (TPSA) is 55.1 Å². The van der Waals surface area contributed by atoms with Crippen LogP contribution in [0.1, 0.15) is 34.5 Å². The molecule has 2 aromatic heterocycles. The largest absolute Gasteiger partial charge is 0.451 e. The summed E-state index contributed by atoms with van der Waals surface area (Å²) in [6.45, 7) is 0. The minimum atomic E-state index is -0.280. The SMILES string of the molecule is O=C(Nc1nc(-c2ccc3c(c2)CCCC3)cs1)c1cc2ccccc2o1. The van der Waals surface area contributed by atoms with E-state index in [9.17, 15) is 4.79 Å². The molecule has 0 saturated carbocycles. The average Bonchev–Trinajstić information content (AvgIpc) is 3.34. The fourth-order valence-electron chi connectivity index (χ4n) is 3.61. The van der Waals surface area contributed by atoms with E-state index in [1.165, 1.54) is 41.7 Å². The molecule has 5 heteroatoms. The van der Waals surface area contributed by atoms with Crippen LogP contribution in [0.3, 0.4) is 0 Å². The van der Waals surface area contributed by atoms with Crippen LogP contribution >= 0.6 is 11.3 Å². The van der Waals surface area contributed by atoms with Gasteiger partial charge in [-0.05, 0) is 55.0 Å². The van der Waals surface area contributed by atoms with E-state index in [1.54, 1.807) is 6.07 Å². The van der Waals surface area contributed by atoms with Crippen molar-refractivity contribution in [1.29, 1.82) is 0 Å². The Morgan fingerprint density at radius 3 is 2.78 bits per heavy atom. The number of thiazole rings is 1. The van der Waals surface area contributed by atoms with Gasteiger partial charge in [0.1, 0.15) is 5.58 Å². The second kappa shape index (κ2) is 6.67. The number of fused-ring (bicyclic) bond motifs is 2. The molecule has 0 unspecified atom stereocenters. The molecule has 0 saturated heterocycles. The van der Waals surface area contributed by atoms with Crippen LogP contribution in [0.4, 0.5) is 5.13 Å². The van der Waals surface area contributed by atoms with Crippen molar-refractivity contribution in [3.05, 3.63) is 70.8 Å². The molecule has 0 atom stereocenters. The van der Waals surface area contributed by atoms with Crippen molar-refractivity contribution in [3.8, 4) is 11.3 Å². The zero-order valence-electron chi connectivity index (χ0n) is 14.7. The molecule has 0 spiro atoms. The van der Waals surface area contributed by atoms with E-state index in [2.05, 4.69) is 28.5 Å². The lowest BCUT2D eigenvalue weighted by Crippen LogP contribution is -2.10. The van der Waals surface area contributed by atoms with E-state index >= 15 is 0 Å². The molecule has 1 aliphatic rings. The molecular weight excluding hydrogens is 356 g/mol. The molecule has 5 rings (SSSR count). The van der Waals surface area contributed by atoms with Gasteiger partial charge in [0.2, 0.25) is 0 Å². The second-order valence-corrected chi connectivity index (χ2v) is 7.69. The smallest absolute Gasteiger partial charge is 0.293 e. The molecule has 134 valence electrons. The predicted molar refractivity (Wildman–Crippen MR) is 108 cm³/mol. The zero-order chi connectivity index (χ0) is 18.2. The first kappa shape index (κ1) is 16.3. The van der Waals surface area contributed by atoms with E-state index < -0.39 is 0 Å². The Labute approximate surface area is 160 Å². The standard InChI is InChI=1S/C22H18N2O2S/c25-21(20-12-17-7-3-4-8-19(17)26-20)24-22-23-18(13-27-22)16-10-9-14-5-1-2-6-15(14)11-16/h3-4,7-13H,1-2,5-6H2,(H,23,24,25). The Balaban J connectivity index is 1.36. The minimum absolute atomic E-state index is 0.280. The van der Waals surface area contributed by atoms with Gasteiger partial charge >= 0.3 is 0 Å². The summed E-state index contributed by atoms with van der Waals surface area (Å²) < 4.78 is 5.62. The van der Waals surface area contributed by atoms with Crippen molar-refractivity contribution in [3.63, 3.8) is 0 Å². The van der Waals surface area contributed by atoms with Gasteiger partial charge in [0.15, 0.2) is 10.9 Å². The van der Waals surface area contributed by atoms with Crippen LogP contribution in [0.5, 0.6) is 0 Å². The maximum atomic E-state index is 12.5. The van der Waals surface area contributed by atoms with Crippen LogP contribution in [-0.4, -0.2) is 10.9 Å². The highest BCUT2D eigenvalue weighted by atomic mass is 32.1. The van der Waals surface area contributed by atoms with Crippen molar-refractivity contribution in [1.82, 2.24) is 4.98 Å². The van der Waals surface area contributed by atoms with E-state index in [0.29, 0.717) is 16.5 Å². The Kier molecular flexibility index (Phi) is 4.02. The van der Waals surface area contributed by atoms with Crippen LogP contribution in [0.2, 0.25) is 0 Å². The molecule has 1 N–H and O–H groups in total. The lowest BCUT2D eigenvalue weighted by atomic mass is 9.90. The summed E-state index contributed by atoms with van der Waals surface area (Å²) in [6, 6.07) is 15.9. The summed E-state index contributed by atoms with van der Waals surface area (Å²) in [4.78, 5) is 17.1. The van der Waals surface area contributed by atoms with Gasteiger partial charge in [-0.25, -0.2) is 4.98 Å². The molecule has 4 nitrogen and oxygen atoms in total. The fraction of sp³-hybridized carbons (Fsp3) is 0.182. The van der Waals surface area contributed by atoms with E-state index in [4.69, 9.17) is 4.42 Å². The van der Waals surface area contributed by atoms with Crippen molar-refractivity contribution < 1.29 is 9.21 Å². The Morgan fingerprint density at radius 2 is 1.89 bits per heavy atom. The quantitative estimate of drug-likeness (QED) is 0.501. The number of carbonyl (C=O) groups is 1. The van der Waals surface area contributed by atoms with Crippen molar-refractivity contribution in [2.75, 3.05) is 5.32 Å². The molecule has 27 heavy (non-hydrogen) atoms. The first-order valence-electron chi connectivity index (χ1n) is 9.14. The summed E-state index contributed by atoms with van der Waals surface area (Å²) in [7, 11) is 0. The van der Waals surface area contributed by atoms with Gasteiger partial charge in [0.05, 0.1) is 5.69 Å². The van der Waals surface area contributed by atoms with Gasteiger partial charge < -0.3 is 4.42 Å². The first-order valence-corrected chi connectivity index (χ1v) is 10.0. The summed E-state index contributed by atoms with van der Waals surface area (Å²) in [5.41, 5.74) is 5.60. The van der Waals surface area contributed by atoms with Gasteiger partial charge in [-0.3, -0.25) is 10.1 Å². The number of aryl methyl sites for hydroxylation is 2. The number of rotatable bonds is 3. The molecule has 4 aromatic rings. The van der Waals surface area contributed by atoms with E-state index in [0.717, 1.165) is 23.1 Å². The van der Waals surface area contributed by atoms with Crippen LogP contribution < -0.4 is 5.32 Å². The molecular formula is C22H18N2O2S. The molecule has 0 fully saturated rings. The molecule has 0 aliphatic heterocycles. The maximum absolute atomic E-state index is 12.5. The third-order valence-corrected chi connectivity index (χ3v) is 5.78. The molecule has 2 aromatic carbocycles. The number of anilines is 1. The Hall–Kier alpha value is -2.92. The minimum Gasteiger partial charge on any atom is -0.451 e. The predicted octanol–water partition coefficient (Wildman–Crippen LogP) is 5.69. The molecule has 2 heterocycles. The van der Waals surface area contributed by atoms with Gasteiger partial charge in [-0.15, -0.1) is 11.3 Å². The third-order valence-electron chi connectivity index (χ3n) is 5.02. The Morgan fingerprint density at radius 1 is 1.04 bits per heavy atom.